The van der Waals surface area contributed by atoms with Gasteiger partial charge in [-0.25, -0.2) is 0 Å². The van der Waals surface area contributed by atoms with Crippen molar-refractivity contribution in [2.24, 2.45) is 51.1 Å². The molecule has 5 saturated carbocycles. The van der Waals surface area contributed by atoms with Gasteiger partial charge >= 0.3 is 11.9 Å². The smallest absolute Gasteiger partial charge is 0.303 e. The number of hydrogen-bond acceptors (Lipinski definition) is 10. The molecule has 49 heavy (non-hydrogen) atoms. The van der Waals surface area contributed by atoms with Crippen LogP contribution in [0.5, 0.6) is 0 Å². The van der Waals surface area contributed by atoms with Crippen molar-refractivity contribution in [1.82, 2.24) is 4.90 Å². The van der Waals surface area contributed by atoms with Crippen LogP contribution in [0.1, 0.15) is 114 Å². The van der Waals surface area contributed by atoms with E-state index in [-0.39, 0.29) is 57.8 Å². The van der Waals surface area contributed by atoms with Crippen LogP contribution in [0.25, 0.3) is 0 Å². The lowest BCUT2D eigenvalue weighted by molar-refractivity contribution is -0.246. The molecule has 7 aliphatic rings. The summed E-state index contributed by atoms with van der Waals surface area (Å²) in [4.78, 5) is 27.5. The summed E-state index contributed by atoms with van der Waals surface area (Å²) in [6.07, 6.45) is 5.63. The molecule has 7 rings (SSSR count). The normalized spacial score (nSPS) is 49.3. The molecule has 0 aromatic carbocycles. The summed E-state index contributed by atoms with van der Waals surface area (Å²) in [5, 5.41) is 11.1. The molecule has 10 nitrogen and oxygen atoms in total. The lowest BCUT2D eigenvalue weighted by Crippen LogP contribution is -2.70. The van der Waals surface area contributed by atoms with E-state index in [1.54, 1.807) is 13.8 Å². The number of hydrogen-bond donors (Lipinski definition) is 2. The second-order valence-electron chi connectivity index (χ2n) is 18.8. The van der Waals surface area contributed by atoms with E-state index in [2.05, 4.69) is 39.5 Å². The topological polar surface area (TPSA) is 130 Å². The van der Waals surface area contributed by atoms with E-state index in [4.69, 9.17) is 29.4 Å². The summed E-state index contributed by atoms with van der Waals surface area (Å²) in [6.45, 7) is 21.3. The third-order valence-corrected chi connectivity index (χ3v) is 15.7. The van der Waals surface area contributed by atoms with Crippen LogP contribution in [-0.4, -0.2) is 96.1 Å². The molecule has 278 valence electrons. The monoisotopic (exact) mass is 688 g/mol. The van der Waals surface area contributed by atoms with Crippen LogP contribution < -0.4 is 5.73 Å². The molecule has 2 saturated heterocycles. The Bertz CT molecular complexity index is 1320. The highest BCUT2D eigenvalue weighted by Gasteiger charge is 2.85. The maximum atomic E-state index is 12.9. The molecular weight excluding hydrogens is 624 g/mol. The van der Waals surface area contributed by atoms with Gasteiger partial charge in [-0.2, -0.15) is 0 Å². The van der Waals surface area contributed by atoms with Crippen molar-refractivity contribution in [3.05, 3.63) is 0 Å². The van der Waals surface area contributed by atoms with Gasteiger partial charge in [-0.1, -0.05) is 34.6 Å². The van der Waals surface area contributed by atoms with E-state index in [1.165, 1.54) is 20.3 Å². The van der Waals surface area contributed by atoms with Gasteiger partial charge in [0, 0.05) is 26.9 Å². The number of carbonyl (C=O) groups is 2. The molecular formula is C39H64N2O8. The minimum absolute atomic E-state index is 0.000295. The third-order valence-electron chi connectivity index (χ3n) is 15.7. The number of esters is 2. The molecule has 10 heteroatoms. The Morgan fingerprint density at radius 3 is 2.39 bits per heavy atom. The molecule has 7 fully saturated rings. The number of aliphatic hydroxyl groups is 1. The minimum Gasteiger partial charge on any atom is -0.458 e. The average molecular weight is 689 g/mol. The summed E-state index contributed by atoms with van der Waals surface area (Å²) in [5.41, 5.74) is 5.92. The van der Waals surface area contributed by atoms with Crippen molar-refractivity contribution in [3.8, 4) is 0 Å². The Hall–Kier alpha value is -1.30. The van der Waals surface area contributed by atoms with Gasteiger partial charge in [0.05, 0.1) is 30.0 Å². The van der Waals surface area contributed by atoms with Crippen LogP contribution in [0.15, 0.2) is 0 Å². The van der Waals surface area contributed by atoms with E-state index >= 15 is 0 Å². The number of fused-ring (bicyclic) bond motifs is 4. The Balaban J connectivity index is 1.19. The highest BCUT2D eigenvalue weighted by atomic mass is 16.7. The van der Waals surface area contributed by atoms with E-state index in [9.17, 15) is 14.7 Å². The summed E-state index contributed by atoms with van der Waals surface area (Å²) >= 11 is 0. The van der Waals surface area contributed by atoms with Crippen molar-refractivity contribution in [2.75, 3.05) is 26.2 Å². The second-order valence-corrected chi connectivity index (χ2v) is 18.8. The maximum Gasteiger partial charge on any atom is 0.303 e. The number of nitrogens with zero attached hydrogens (tertiary/aromatic N) is 1. The molecule has 0 aromatic heterocycles. The van der Waals surface area contributed by atoms with Gasteiger partial charge in [-0.3, -0.25) is 14.5 Å². The fourth-order valence-electron chi connectivity index (χ4n) is 13.8. The average Bonchev–Trinajstić information content (AvgIpc) is 3.64. The fourth-order valence-corrected chi connectivity index (χ4v) is 13.8. The van der Waals surface area contributed by atoms with E-state index in [1.807, 2.05) is 0 Å². The van der Waals surface area contributed by atoms with Crippen LogP contribution in [0.4, 0.5) is 0 Å². The summed E-state index contributed by atoms with van der Waals surface area (Å²) in [6, 6.07) is 0. The van der Waals surface area contributed by atoms with Gasteiger partial charge < -0.3 is 34.5 Å². The van der Waals surface area contributed by atoms with Crippen molar-refractivity contribution >= 4 is 11.9 Å². The number of likely N-dealkylation sites (N-methyl/N-ethyl adjacent to an activating group) is 1. The summed E-state index contributed by atoms with van der Waals surface area (Å²) in [5.74, 6) is 0.153. The van der Waals surface area contributed by atoms with E-state index in [0.29, 0.717) is 12.3 Å². The molecule has 0 aromatic rings. The highest BCUT2D eigenvalue weighted by molar-refractivity contribution is 5.67. The first-order valence-electron chi connectivity index (χ1n) is 19.4. The lowest BCUT2D eigenvalue weighted by atomic mass is 9.43. The molecule has 3 N–H and O–H groups in total. The summed E-state index contributed by atoms with van der Waals surface area (Å²) in [7, 11) is 0. The molecule has 2 aliphatic heterocycles. The third kappa shape index (κ3) is 5.14. The molecule has 0 amide bonds. The first kappa shape index (κ1) is 36.1. The molecule has 2 heterocycles. The van der Waals surface area contributed by atoms with Gasteiger partial charge in [-0.05, 0) is 117 Å². The molecule has 5 aliphatic carbocycles. The van der Waals surface area contributed by atoms with Gasteiger partial charge in [0.2, 0.25) is 0 Å². The zero-order chi connectivity index (χ0) is 35.5. The minimum atomic E-state index is -1.31. The van der Waals surface area contributed by atoms with E-state index in [0.717, 1.165) is 64.8 Å². The highest BCUT2D eigenvalue weighted by Crippen LogP contribution is 2.87. The van der Waals surface area contributed by atoms with Gasteiger partial charge in [0.15, 0.2) is 12.4 Å². The van der Waals surface area contributed by atoms with Crippen molar-refractivity contribution < 1.29 is 38.4 Å². The largest absolute Gasteiger partial charge is 0.458 e. The quantitative estimate of drug-likeness (QED) is 0.359. The van der Waals surface area contributed by atoms with Crippen LogP contribution in [0, 0.1) is 45.3 Å². The maximum absolute atomic E-state index is 12.9. The molecule has 0 radical (unpaired) electrons. The lowest BCUT2D eigenvalue weighted by Gasteiger charge is -2.63. The zero-order valence-electron chi connectivity index (χ0n) is 31.6. The Morgan fingerprint density at radius 2 is 1.73 bits per heavy atom. The van der Waals surface area contributed by atoms with E-state index < -0.39 is 41.5 Å². The van der Waals surface area contributed by atoms with Crippen LogP contribution >= 0.6 is 0 Å². The van der Waals surface area contributed by atoms with Crippen molar-refractivity contribution in [1.29, 1.82) is 0 Å². The Morgan fingerprint density at radius 1 is 1.04 bits per heavy atom. The number of morpholine rings is 1. The molecule has 14 atom stereocenters. The Labute approximate surface area is 293 Å². The van der Waals surface area contributed by atoms with Crippen LogP contribution in [-0.2, 0) is 33.3 Å². The van der Waals surface area contributed by atoms with Crippen LogP contribution in [0.2, 0.25) is 0 Å². The number of rotatable bonds is 7. The number of carbonyl (C=O) groups excluding carboxylic acids is 2. The van der Waals surface area contributed by atoms with Gasteiger partial charge in [0.25, 0.3) is 0 Å². The number of ether oxygens (including phenoxy) is 5. The van der Waals surface area contributed by atoms with Crippen LogP contribution in [0.3, 0.4) is 0 Å². The standard InChI is InChI=1S/C39H64N2O8/c1-10-41-17-18-45-29(20-41)49-28-13-14-37-21-38(37)16-15-36(9)30-22(2)19-25(32(35(7,8)44)46-23(3)42)48-31(30)33(47-24(4)43)39(36,40)27(38)12-11-26(37)34(28,5)6/h22,25-33,44H,10-21,40H2,1-9H3/t22-,25?,26+,27?,28+,29+,30+,31?,32+,33+,36-,37?,38?,39+/m1/s1. The SMILES string of the molecule is CCN1CCO[C@@H](O[C@H]2CCC34CC35CC[C@]3(C)[C@@H]6C(OC([C@H](OC(C)=O)C(C)(C)O)C[C@H]6C)[C@H](OC(C)=O)[C@@]3(N)C5CC[C@H]4C2(C)C)C1. The predicted octanol–water partition coefficient (Wildman–Crippen LogP) is 4.83. The molecule has 2 spiro atoms. The van der Waals surface area contributed by atoms with Gasteiger partial charge in [0.1, 0.15) is 12.2 Å². The van der Waals surface area contributed by atoms with Crippen molar-refractivity contribution in [3.63, 3.8) is 0 Å². The number of nitrogens with two attached hydrogens (primary N) is 1. The first-order chi connectivity index (χ1) is 22.9. The van der Waals surface area contributed by atoms with Crippen molar-refractivity contribution in [2.45, 2.75) is 162 Å². The van der Waals surface area contributed by atoms with Gasteiger partial charge in [-0.15, -0.1) is 0 Å². The fraction of sp³-hybridized carbons (Fsp3) is 0.949. The molecule has 5 unspecified atom stereocenters. The molecule has 0 bridgehead atoms. The predicted molar refractivity (Wildman–Crippen MR) is 183 cm³/mol. The summed E-state index contributed by atoms with van der Waals surface area (Å²) < 4.78 is 32.0. The Kier molecular flexibility index (Phi) is 8.73. The second kappa shape index (κ2) is 11.9. The first-order valence-corrected chi connectivity index (χ1v) is 19.4. The zero-order valence-corrected chi connectivity index (χ0v) is 31.6.